The van der Waals surface area contributed by atoms with Crippen LogP contribution in [0.25, 0.3) is 0 Å². The molecule has 0 fully saturated rings. The Hall–Kier alpha value is -2.25. The van der Waals surface area contributed by atoms with Crippen LogP contribution in [0.4, 0.5) is 17.1 Å². The van der Waals surface area contributed by atoms with Gasteiger partial charge in [0.25, 0.3) is 0 Å². The molecule has 0 saturated heterocycles. The third kappa shape index (κ3) is 6.64. The molecule has 3 aromatic rings. The quantitative estimate of drug-likeness (QED) is 0.266. The van der Waals surface area contributed by atoms with E-state index in [1.54, 1.807) is 18.2 Å². The van der Waals surface area contributed by atoms with Crippen LogP contribution < -0.4 is 16.0 Å². The highest BCUT2D eigenvalue weighted by Gasteiger charge is 2.16. The largest absolute Gasteiger partial charge is 0.332 e. The first kappa shape index (κ1) is 22.4. The van der Waals surface area contributed by atoms with Gasteiger partial charge < -0.3 is 16.0 Å². The smallest absolute Gasteiger partial charge is 0.237 e. The Balaban J connectivity index is 1.53. The van der Waals surface area contributed by atoms with Gasteiger partial charge in [-0.25, -0.2) is 0 Å². The number of rotatable bonds is 6. The number of para-hydroxylation sites is 1. The molecular formula is C22H19Cl2N3OS2. The fraction of sp³-hybridized carbons (Fsp3) is 0.0909. The minimum atomic E-state index is -0.309. The van der Waals surface area contributed by atoms with Crippen molar-refractivity contribution in [3.05, 3.63) is 82.8 Å². The normalized spacial score (nSPS) is 11.4. The van der Waals surface area contributed by atoms with E-state index in [1.165, 1.54) is 11.8 Å². The number of thioether (sulfide) groups is 1. The number of carbonyl (C=O) groups excluding carboxylic acids is 1. The third-order valence-corrected chi connectivity index (χ3v) is 5.88. The lowest BCUT2D eigenvalue weighted by Gasteiger charge is -2.14. The number of anilines is 3. The van der Waals surface area contributed by atoms with Crippen molar-refractivity contribution < 1.29 is 4.79 Å². The van der Waals surface area contributed by atoms with Crippen LogP contribution in [0.3, 0.4) is 0 Å². The van der Waals surface area contributed by atoms with Gasteiger partial charge in [-0.1, -0.05) is 41.4 Å². The van der Waals surface area contributed by atoms with Crippen molar-refractivity contribution in [1.29, 1.82) is 0 Å². The van der Waals surface area contributed by atoms with Crippen molar-refractivity contribution in [2.75, 3.05) is 16.0 Å². The number of hydrogen-bond acceptors (Lipinski definition) is 3. The van der Waals surface area contributed by atoms with Crippen LogP contribution in [0.5, 0.6) is 0 Å². The Morgan fingerprint density at radius 3 is 2.17 bits per heavy atom. The van der Waals surface area contributed by atoms with Crippen LogP contribution in [-0.4, -0.2) is 16.3 Å². The molecule has 0 saturated carbocycles. The van der Waals surface area contributed by atoms with Crippen molar-refractivity contribution in [1.82, 2.24) is 0 Å². The first-order chi connectivity index (χ1) is 14.4. The van der Waals surface area contributed by atoms with Crippen molar-refractivity contribution in [3.63, 3.8) is 0 Å². The zero-order valence-electron chi connectivity index (χ0n) is 16.0. The number of amides is 1. The molecule has 4 nitrogen and oxygen atoms in total. The molecule has 154 valence electrons. The Labute approximate surface area is 195 Å². The summed E-state index contributed by atoms with van der Waals surface area (Å²) in [6.45, 7) is 1.84. The van der Waals surface area contributed by atoms with Gasteiger partial charge in [0.1, 0.15) is 0 Å². The minimum Gasteiger partial charge on any atom is -0.332 e. The maximum absolute atomic E-state index is 12.5. The SMILES string of the molecule is CC(Sc1ccc(NC(=S)Nc2ccccc2)cc1)C(=O)Nc1ccc(Cl)cc1Cl. The molecule has 0 aliphatic rings. The van der Waals surface area contributed by atoms with Crippen LogP contribution in [-0.2, 0) is 4.79 Å². The van der Waals surface area contributed by atoms with E-state index < -0.39 is 0 Å². The number of carbonyl (C=O) groups is 1. The van der Waals surface area contributed by atoms with Gasteiger partial charge in [0.2, 0.25) is 5.91 Å². The van der Waals surface area contributed by atoms with Crippen molar-refractivity contribution >= 4 is 75.3 Å². The summed E-state index contributed by atoms with van der Waals surface area (Å²) in [5.41, 5.74) is 2.32. The van der Waals surface area contributed by atoms with E-state index in [2.05, 4.69) is 16.0 Å². The summed E-state index contributed by atoms with van der Waals surface area (Å²) in [7, 11) is 0. The molecule has 0 spiro atoms. The summed E-state index contributed by atoms with van der Waals surface area (Å²) in [5, 5.41) is 10.2. The van der Waals surface area contributed by atoms with Gasteiger partial charge in [-0.15, -0.1) is 11.8 Å². The number of benzene rings is 3. The average Bonchev–Trinajstić information content (AvgIpc) is 2.72. The predicted molar refractivity (Wildman–Crippen MR) is 133 cm³/mol. The summed E-state index contributed by atoms with van der Waals surface area (Å²) in [5.74, 6) is -0.139. The Kier molecular flexibility index (Phi) is 7.99. The fourth-order valence-electron chi connectivity index (χ4n) is 2.51. The molecule has 0 aliphatic carbocycles. The molecule has 3 N–H and O–H groups in total. The van der Waals surface area contributed by atoms with Crippen molar-refractivity contribution in [3.8, 4) is 0 Å². The van der Waals surface area contributed by atoms with Crippen LogP contribution >= 0.6 is 47.2 Å². The molecule has 0 aromatic heterocycles. The van der Waals surface area contributed by atoms with Gasteiger partial charge in [-0.05, 0) is 73.7 Å². The number of thiocarbonyl (C=S) groups is 1. The molecule has 3 aromatic carbocycles. The zero-order chi connectivity index (χ0) is 21.5. The molecule has 30 heavy (non-hydrogen) atoms. The second-order valence-electron chi connectivity index (χ2n) is 6.34. The van der Waals surface area contributed by atoms with E-state index in [1.807, 2.05) is 61.5 Å². The molecule has 0 radical (unpaired) electrons. The molecule has 1 unspecified atom stereocenters. The lowest BCUT2D eigenvalue weighted by molar-refractivity contribution is -0.115. The molecule has 8 heteroatoms. The minimum absolute atomic E-state index is 0.139. The van der Waals surface area contributed by atoms with E-state index in [-0.39, 0.29) is 11.2 Å². The van der Waals surface area contributed by atoms with Gasteiger partial charge in [0.15, 0.2) is 5.11 Å². The molecule has 0 bridgehead atoms. The second-order valence-corrected chi connectivity index (χ2v) is 9.01. The number of nitrogens with one attached hydrogen (secondary N) is 3. The zero-order valence-corrected chi connectivity index (χ0v) is 19.1. The molecule has 1 amide bonds. The Morgan fingerprint density at radius 1 is 0.900 bits per heavy atom. The summed E-state index contributed by atoms with van der Waals surface area (Å²) in [6.07, 6.45) is 0. The highest BCUT2D eigenvalue weighted by Crippen LogP contribution is 2.28. The van der Waals surface area contributed by atoms with Gasteiger partial charge in [-0.3, -0.25) is 4.79 Å². The van der Waals surface area contributed by atoms with Crippen LogP contribution in [0.15, 0.2) is 77.7 Å². The van der Waals surface area contributed by atoms with E-state index in [0.717, 1.165) is 16.3 Å². The van der Waals surface area contributed by atoms with Gasteiger partial charge in [-0.2, -0.15) is 0 Å². The van der Waals surface area contributed by atoms with Crippen LogP contribution in [0.1, 0.15) is 6.92 Å². The fourth-order valence-corrected chi connectivity index (χ4v) is 4.07. The molecular weight excluding hydrogens is 457 g/mol. The van der Waals surface area contributed by atoms with E-state index >= 15 is 0 Å². The second kappa shape index (κ2) is 10.7. The summed E-state index contributed by atoms with van der Waals surface area (Å²) < 4.78 is 0. The average molecular weight is 476 g/mol. The summed E-state index contributed by atoms with van der Waals surface area (Å²) >= 11 is 18.8. The maximum atomic E-state index is 12.5. The Morgan fingerprint density at radius 2 is 1.53 bits per heavy atom. The van der Waals surface area contributed by atoms with E-state index in [9.17, 15) is 4.79 Å². The molecule has 0 aliphatic heterocycles. The first-order valence-electron chi connectivity index (χ1n) is 9.06. The molecule has 0 heterocycles. The summed E-state index contributed by atoms with van der Waals surface area (Å²) in [4.78, 5) is 13.4. The lowest BCUT2D eigenvalue weighted by atomic mass is 10.3. The van der Waals surface area contributed by atoms with Crippen LogP contribution in [0, 0.1) is 0 Å². The number of hydrogen-bond donors (Lipinski definition) is 3. The monoisotopic (exact) mass is 475 g/mol. The van der Waals surface area contributed by atoms with Crippen molar-refractivity contribution in [2.45, 2.75) is 17.1 Å². The van der Waals surface area contributed by atoms with E-state index in [4.69, 9.17) is 35.4 Å². The van der Waals surface area contributed by atoms with E-state index in [0.29, 0.717) is 20.8 Å². The molecule has 1 atom stereocenters. The van der Waals surface area contributed by atoms with Gasteiger partial charge in [0.05, 0.1) is 16.0 Å². The van der Waals surface area contributed by atoms with Gasteiger partial charge in [0, 0.05) is 21.3 Å². The number of halogens is 2. The highest BCUT2D eigenvalue weighted by molar-refractivity contribution is 8.00. The predicted octanol–water partition coefficient (Wildman–Crippen LogP) is 6.92. The van der Waals surface area contributed by atoms with Gasteiger partial charge >= 0.3 is 0 Å². The topological polar surface area (TPSA) is 53.2 Å². The van der Waals surface area contributed by atoms with Crippen molar-refractivity contribution in [2.24, 2.45) is 0 Å². The first-order valence-corrected chi connectivity index (χ1v) is 11.1. The standard InChI is InChI=1S/C22H19Cl2N3OS2/c1-14(21(28)27-20-12-7-15(23)13-19(20)24)30-18-10-8-17(9-11-18)26-22(29)25-16-5-3-2-4-6-16/h2-14H,1H3,(H,27,28)(H2,25,26,29). The highest BCUT2D eigenvalue weighted by atomic mass is 35.5. The van der Waals surface area contributed by atoms with Crippen LogP contribution in [0.2, 0.25) is 10.0 Å². The maximum Gasteiger partial charge on any atom is 0.237 e. The third-order valence-electron chi connectivity index (χ3n) is 4.01. The Bertz CT molecular complexity index is 1030. The molecule has 3 rings (SSSR count). The lowest BCUT2D eigenvalue weighted by Crippen LogP contribution is -2.22. The summed E-state index contributed by atoms with van der Waals surface area (Å²) in [6, 6.07) is 22.4.